The van der Waals surface area contributed by atoms with Crippen LogP contribution in [0.4, 0.5) is 0 Å². The summed E-state index contributed by atoms with van der Waals surface area (Å²) in [6, 6.07) is 13.9. The van der Waals surface area contributed by atoms with E-state index in [0.29, 0.717) is 26.1 Å². The molecule has 2 aromatic carbocycles. The van der Waals surface area contributed by atoms with Crippen LogP contribution in [-0.4, -0.2) is 38.4 Å². The maximum Gasteiger partial charge on any atom is 0.221 e. The van der Waals surface area contributed by atoms with Gasteiger partial charge >= 0.3 is 0 Å². The van der Waals surface area contributed by atoms with E-state index in [-0.39, 0.29) is 24.0 Å². The smallest absolute Gasteiger partial charge is 0.221 e. The first-order valence-electron chi connectivity index (χ1n) is 10.9. The zero-order chi connectivity index (χ0) is 22.2. The van der Waals surface area contributed by atoms with E-state index >= 15 is 0 Å². The number of ether oxygens (including phenoxy) is 3. The van der Waals surface area contributed by atoms with Crippen molar-refractivity contribution in [1.82, 2.24) is 16.2 Å². The molecule has 3 unspecified atom stereocenters. The van der Waals surface area contributed by atoms with Gasteiger partial charge in [0, 0.05) is 18.4 Å². The van der Waals surface area contributed by atoms with Gasteiger partial charge in [0.2, 0.25) is 5.91 Å². The van der Waals surface area contributed by atoms with Crippen LogP contribution in [0.3, 0.4) is 0 Å². The maximum atomic E-state index is 12.7. The minimum Gasteiger partial charge on any atom is -0.497 e. The maximum absolute atomic E-state index is 12.7. The van der Waals surface area contributed by atoms with Crippen molar-refractivity contribution < 1.29 is 19.0 Å². The molecule has 3 atom stereocenters. The van der Waals surface area contributed by atoms with E-state index < -0.39 is 0 Å². The van der Waals surface area contributed by atoms with E-state index in [1.54, 1.807) is 7.11 Å². The number of carbonyl (C=O) groups is 1. The van der Waals surface area contributed by atoms with Crippen molar-refractivity contribution in [1.29, 1.82) is 0 Å². The fraction of sp³-hybridized carbons (Fsp3) is 0.458. The molecule has 7 heteroatoms. The normalized spacial score (nSPS) is 20.3. The molecule has 3 N–H and O–H groups in total. The van der Waals surface area contributed by atoms with Crippen LogP contribution in [0, 0.1) is 0 Å². The second kappa shape index (κ2) is 11.0. The molecule has 0 spiro atoms. The molecule has 0 saturated carbocycles. The van der Waals surface area contributed by atoms with Gasteiger partial charge in [-0.05, 0) is 62.6 Å². The molecule has 0 bridgehead atoms. The molecular weight excluding hydrogens is 394 g/mol. The Kier molecular flexibility index (Phi) is 8.14. The molecule has 1 fully saturated rings. The van der Waals surface area contributed by atoms with Crippen molar-refractivity contribution in [2.24, 2.45) is 0 Å². The van der Waals surface area contributed by atoms with Gasteiger partial charge in [-0.1, -0.05) is 18.2 Å². The Morgan fingerprint density at radius 1 is 1.03 bits per heavy atom. The summed E-state index contributed by atoms with van der Waals surface area (Å²) < 4.78 is 16.7. The molecule has 1 aliphatic rings. The third-order valence-corrected chi connectivity index (χ3v) is 5.41. The van der Waals surface area contributed by atoms with Gasteiger partial charge < -0.3 is 19.5 Å². The van der Waals surface area contributed by atoms with Crippen LogP contribution in [0.1, 0.15) is 44.2 Å². The van der Waals surface area contributed by atoms with Crippen molar-refractivity contribution in [3.05, 3.63) is 53.6 Å². The molecule has 0 radical (unpaired) electrons. The number of hydrogen-bond donors (Lipinski definition) is 3. The topological polar surface area (TPSA) is 80.9 Å². The minimum absolute atomic E-state index is 0.00260. The second-order valence-electron chi connectivity index (χ2n) is 7.57. The van der Waals surface area contributed by atoms with E-state index in [4.69, 9.17) is 14.2 Å². The Morgan fingerprint density at radius 2 is 1.81 bits per heavy atom. The van der Waals surface area contributed by atoms with Gasteiger partial charge in [-0.15, -0.1) is 0 Å². The van der Waals surface area contributed by atoms with Crippen LogP contribution in [0.15, 0.2) is 42.5 Å². The Morgan fingerprint density at radius 3 is 2.55 bits per heavy atom. The van der Waals surface area contributed by atoms with E-state index in [1.807, 2.05) is 56.3 Å². The van der Waals surface area contributed by atoms with Crippen LogP contribution in [-0.2, 0) is 11.2 Å². The standard InChI is InChI=1S/C24H33N3O4/c1-5-30-20-12-11-18(15-21(20)31-6-2)23-16(3)26-27-24(23)25-22(28)13-10-17-8-7-9-19(14-17)29-4/h7-9,11-12,14-16,23-24,26-27H,5-6,10,13H2,1-4H3,(H,25,28). The molecule has 1 heterocycles. The van der Waals surface area contributed by atoms with Gasteiger partial charge in [-0.25, -0.2) is 5.43 Å². The number of nitrogens with one attached hydrogen (secondary N) is 3. The second-order valence-corrected chi connectivity index (χ2v) is 7.57. The van der Waals surface area contributed by atoms with Crippen molar-refractivity contribution in [2.45, 2.75) is 51.7 Å². The monoisotopic (exact) mass is 427 g/mol. The zero-order valence-electron chi connectivity index (χ0n) is 18.7. The lowest BCUT2D eigenvalue weighted by Crippen LogP contribution is -2.46. The van der Waals surface area contributed by atoms with Crippen LogP contribution < -0.4 is 30.4 Å². The molecule has 1 amide bonds. The molecule has 31 heavy (non-hydrogen) atoms. The van der Waals surface area contributed by atoms with E-state index in [0.717, 1.165) is 28.4 Å². The summed E-state index contributed by atoms with van der Waals surface area (Å²) in [6.07, 6.45) is 0.834. The number of carbonyl (C=O) groups excluding carboxylic acids is 1. The highest BCUT2D eigenvalue weighted by atomic mass is 16.5. The number of hydrazine groups is 1. The summed E-state index contributed by atoms with van der Waals surface area (Å²) in [6.45, 7) is 7.14. The fourth-order valence-corrected chi connectivity index (χ4v) is 3.90. The zero-order valence-corrected chi connectivity index (χ0v) is 18.7. The molecule has 2 aromatic rings. The largest absolute Gasteiger partial charge is 0.497 e. The minimum atomic E-state index is -0.222. The SMILES string of the molecule is CCOc1ccc(C2C(C)NNC2NC(=O)CCc2cccc(OC)c2)cc1OCC. The lowest BCUT2D eigenvalue weighted by molar-refractivity contribution is -0.122. The van der Waals surface area contributed by atoms with Gasteiger partial charge in [-0.2, -0.15) is 0 Å². The molecule has 3 rings (SSSR count). The van der Waals surface area contributed by atoms with Crippen molar-refractivity contribution in [3.63, 3.8) is 0 Å². The average Bonchev–Trinajstić information content (AvgIpc) is 3.13. The Bertz CT molecular complexity index is 874. The van der Waals surface area contributed by atoms with E-state index in [9.17, 15) is 4.79 Å². The molecule has 7 nitrogen and oxygen atoms in total. The van der Waals surface area contributed by atoms with Crippen molar-refractivity contribution in [2.75, 3.05) is 20.3 Å². The van der Waals surface area contributed by atoms with Crippen LogP contribution in [0.2, 0.25) is 0 Å². The van der Waals surface area contributed by atoms with Crippen LogP contribution in [0.5, 0.6) is 17.2 Å². The number of methoxy groups -OCH3 is 1. The van der Waals surface area contributed by atoms with Crippen molar-refractivity contribution in [3.8, 4) is 17.2 Å². The summed E-state index contributed by atoms with van der Waals surface area (Å²) in [5.74, 6) is 2.31. The highest BCUT2D eigenvalue weighted by molar-refractivity contribution is 5.76. The average molecular weight is 428 g/mol. The lowest BCUT2D eigenvalue weighted by Gasteiger charge is -2.23. The highest BCUT2D eigenvalue weighted by Gasteiger charge is 2.35. The molecule has 1 saturated heterocycles. The molecular formula is C24H33N3O4. The predicted octanol–water partition coefficient (Wildman–Crippen LogP) is 3.15. The van der Waals surface area contributed by atoms with E-state index in [2.05, 4.69) is 23.1 Å². The number of hydrogen-bond acceptors (Lipinski definition) is 6. The van der Waals surface area contributed by atoms with Gasteiger partial charge in [0.15, 0.2) is 11.5 Å². The highest BCUT2D eigenvalue weighted by Crippen LogP contribution is 2.34. The van der Waals surface area contributed by atoms with Gasteiger partial charge in [0.05, 0.1) is 20.3 Å². The summed E-state index contributed by atoms with van der Waals surface area (Å²) in [7, 11) is 1.64. The van der Waals surface area contributed by atoms with Gasteiger partial charge in [0.25, 0.3) is 0 Å². The molecule has 0 aromatic heterocycles. The van der Waals surface area contributed by atoms with E-state index in [1.165, 1.54) is 0 Å². The Labute approximate surface area is 184 Å². The fourth-order valence-electron chi connectivity index (χ4n) is 3.90. The Balaban J connectivity index is 1.67. The lowest BCUT2D eigenvalue weighted by atomic mass is 9.91. The first-order chi connectivity index (χ1) is 15.0. The molecule has 1 aliphatic heterocycles. The first kappa shape index (κ1) is 22.9. The van der Waals surface area contributed by atoms with Gasteiger partial charge in [0.1, 0.15) is 11.9 Å². The first-order valence-corrected chi connectivity index (χ1v) is 10.9. The van der Waals surface area contributed by atoms with Crippen LogP contribution in [0.25, 0.3) is 0 Å². The Hall–Kier alpha value is -2.77. The summed E-state index contributed by atoms with van der Waals surface area (Å²) in [5.41, 5.74) is 8.62. The summed E-state index contributed by atoms with van der Waals surface area (Å²) >= 11 is 0. The van der Waals surface area contributed by atoms with Crippen LogP contribution >= 0.6 is 0 Å². The molecule has 0 aliphatic carbocycles. The number of rotatable bonds is 10. The third-order valence-electron chi connectivity index (χ3n) is 5.41. The number of aryl methyl sites for hydroxylation is 1. The predicted molar refractivity (Wildman–Crippen MR) is 121 cm³/mol. The summed E-state index contributed by atoms with van der Waals surface area (Å²) in [4.78, 5) is 12.7. The van der Waals surface area contributed by atoms with Gasteiger partial charge in [-0.3, -0.25) is 10.2 Å². The molecule has 168 valence electrons. The summed E-state index contributed by atoms with van der Waals surface area (Å²) in [5, 5.41) is 3.13. The number of amides is 1. The third kappa shape index (κ3) is 5.89. The van der Waals surface area contributed by atoms with Crippen molar-refractivity contribution >= 4 is 5.91 Å². The quantitative estimate of drug-likeness (QED) is 0.541. The number of benzene rings is 2.